The van der Waals surface area contributed by atoms with Crippen LogP contribution in [0, 0.1) is 5.92 Å². The Bertz CT molecular complexity index is 1040. The van der Waals surface area contributed by atoms with Crippen LogP contribution in [0.4, 0.5) is 0 Å². The molecule has 1 saturated carbocycles. The number of halogens is 2. The van der Waals surface area contributed by atoms with Crippen molar-refractivity contribution in [2.24, 2.45) is 5.92 Å². The lowest BCUT2D eigenvalue weighted by atomic mass is 9.83. The highest BCUT2D eigenvalue weighted by molar-refractivity contribution is 6.21. The third kappa shape index (κ3) is 7.47. The third-order valence-corrected chi connectivity index (χ3v) is 8.95. The van der Waals surface area contributed by atoms with E-state index in [0.717, 1.165) is 0 Å². The number of nitrogens with zero attached hydrogens (tertiary/aromatic N) is 3. The third-order valence-electron chi connectivity index (χ3n) is 7.96. The van der Waals surface area contributed by atoms with E-state index in [-0.39, 0.29) is 25.3 Å². The van der Waals surface area contributed by atoms with Gasteiger partial charge in [-0.1, -0.05) is 5.21 Å². The summed E-state index contributed by atoms with van der Waals surface area (Å²) in [7, 11) is 0. The van der Waals surface area contributed by atoms with E-state index in [1.54, 1.807) is 0 Å². The van der Waals surface area contributed by atoms with Crippen LogP contribution in [0.15, 0.2) is 6.20 Å². The number of hydrogen-bond acceptors (Lipinski definition) is 17. The summed E-state index contributed by atoms with van der Waals surface area (Å²) in [5.74, 6) is -3.09. The zero-order valence-corrected chi connectivity index (χ0v) is 24.7. The molecule has 15 atom stereocenters. The van der Waals surface area contributed by atoms with Gasteiger partial charge in [-0.2, -0.15) is 0 Å². The number of ether oxygens (including phenoxy) is 5. The lowest BCUT2D eigenvalue weighted by Gasteiger charge is -2.43. The van der Waals surface area contributed by atoms with E-state index in [0.29, 0.717) is 0 Å². The molecule has 254 valence electrons. The van der Waals surface area contributed by atoms with Crippen LogP contribution < -0.4 is 0 Å². The van der Waals surface area contributed by atoms with Crippen molar-refractivity contribution in [1.29, 1.82) is 0 Å². The van der Waals surface area contributed by atoms with Crippen LogP contribution in [-0.2, 0) is 36.8 Å². The number of alkyl halides is 2. The highest BCUT2D eigenvalue weighted by atomic mass is 35.5. The van der Waals surface area contributed by atoms with Crippen molar-refractivity contribution in [2.45, 2.75) is 104 Å². The van der Waals surface area contributed by atoms with Crippen molar-refractivity contribution < 1.29 is 74.7 Å². The Morgan fingerprint density at radius 1 is 1.00 bits per heavy atom. The summed E-state index contributed by atoms with van der Waals surface area (Å²) in [6.45, 7) is -2.30. The minimum Gasteiger partial charge on any atom is -0.396 e. The predicted molar refractivity (Wildman–Crippen MR) is 143 cm³/mol. The molecule has 0 aromatic carbocycles. The van der Waals surface area contributed by atoms with E-state index in [4.69, 9.17) is 52.0 Å². The fourth-order valence-electron chi connectivity index (χ4n) is 5.48. The molecule has 1 aromatic heterocycles. The smallest absolute Gasteiger partial charge is 0.211 e. The predicted octanol–water partition coefficient (Wildman–Crippen LogP) is -5.29. The standard InChI is InChI=1S/C24H39Cl2N3O15/c25-8-24(43-11-1-9(4-30)15(26)18(36)16(11)34)22(39)17(35)12(44-24)3-29-2-10(27-28-29)7-40-23-20(38)19(37)21(13(5-31)41-23)42-14(33)6-32/h2,9,11-23,30-39H,1,3-8H2/t9-,11+,12-,13?,14-,15+,16+,17+,18+,19?,20?,21?,22+,23?,24-/m1/s1. The van der Waals surface area contributed by atoms with Crippen molar-refractivity contribution in [2.75, 3.05) is 25.7 Å². The van der Waals surface area contributed by atoms with Crippen LogP contribution in [0.25, 0.3) is 0 Å². The number of aromatic nitrogens is 3. The van der Waals surface area contributed by atoms with Gasteiger partial charge >= 0.3 is 0 Å². The molecule has 44 heavy (non-hydrogen) atoms. The lowest BCUT2D eigenvalue weighted by molar-refractivity contribution is -0.327. The summed E-state index contributed by atoms with van der Waals surface area (Å²) in [5, 5.41) is 108. The number of rotatable bonds is 13. The molecular formula is C24H39Cl2N3O15. The van der Waals surface area contributed by atoms with Gasteiger partial charge in [0.2, 0.25) is 5.79 Å². The number of aliphatic hydroxyl groups excluding tert-OH is 10. The molecule has 10 N–H and O–H groups in total. The van der Waals surface area contributed by atoms with Gasteiger partial charge in [-0.05, 0) is 6.42 Å². The van der Waals surface area contributed by atoms with Crippen LogP contribution in [-0.4, -0.2) is 177 Å². The molecule has 0 amide bonds. The van der Waals surface area contributed by atoms with Crippen molar-refractivity contribution >= 4 is 23.2 Å². The highest BCUT2D eigenvalue weighted by Crippen LogP contribution is 2.40. The van der Waals surface area contributed by atoms with Gasteiger partial charge in [-0.3, -0.25) is 0 Å². The molecule has 4 rings (SSSR count). The maximum Gasteiger partial charge on any atom is 0.211 e. The zero-order chi connectivity index (χ0) is 32.3. The molecule has 3 fully saturated rings. The molecule has 0 radical (unpaired) electrons. The van der Waals surface area contributed by atoms with Gasteiger partial charge in [-0.15, -0.1) is 28.3 Å². The Hall–Kier alpha value is -0.880. The van der Waals surface area contributed by atoms with E-state index < -0.39 is 116 Å². The molecule has 20 heteroatoms. The fourth-order valence-corrected chi connectivity index (χ4v) is 6.09. The van der Waals surface area contributed by atoms with Crippen LogP contribution in [0.1, 0.15) is 12.1 Å². The quantitative estimate of drug-likeness (QED) is 0.0688. The molecule has 0 bridgehead atoms. The van der Waals surface area contributed by atoms with E-state index in [2.05, 4.69) is 10.3 Å². The monoisotopic (exact) mass is 679 g/mol. The largest absolute Gasteiger partial charge is 0.396 e. The first-order valence-corrected chi connectivity index (χ1v) is 14.8. The van der Waals surface area contributed by atoms with Crippen molar-refractivity contribution in [3.8, 4) is 0 Å². The first kappa shape index (κ1) is 36.0. The van der Waals surface area contributed by atoms with Gasteiger partial charge in [-0.25, -0.2) is 4.68 Å². The van der Waals surface area contributed by atoms with Crippen molar-refractivity contribution in [1.82, 2.24) is 15.0 Å². The Balaban J connectivity index is 1.36. The molecule has 18 nitrogen and oxygen atoms in total. The van der Waals surface area contributed by atoms with E-state index in [1.165, 1.54) is 10.9 Å². The van der Waals surface area contributed by atoms with Crippen LogP contribution in [0.2, 0.25) is 0 Å². The molecule has 1 aliphatic carbocycles. The Labute approximate surface area is 260 Å². The topological polar surface area (TPSA) is 279 Å². The average molecular weight is 680 g/mol. The van der Waals surface area contributed by atoms with E-state index >= 15 is 0 Å². The van der Waals surface area contributed by atoms with Gasteiger partial charge in [0.25, 0.3) is 0 Å². The van der Waals surface area contributed by atoms with Gasteiger partial charge in [0.1, 0.15) is 54.5 Å². The summed E-state index contributed by atoms with van der Waals surface area (Å²) >= 11 is 12.2. The Morgan fingerprint density at radius 2 is 1.73 bits per heavy atom. The summed E-state index contributed by atoms with van der Waals surface area (Å²) in [6, 6.07) is 0. The normalized spacial score (nSPS) is 43.8. The van der Waals surface area contributed by atoms with Crippen LogP contribution in [0.3, 0.4) is 0 Å². The van der Waals surface area contributed by atoms with E-state index in [9.17, 15) is 46.0 Å². The van der Waals surface area contributed by atoms with Crippen molar-refractivity contribution in [3.05, 3.63) is 11.9 Å². The Kier molecular flexibility index (Phi) is 12.5. The second kappa shape index (κ2) is 15.3. The summed E-state index contributed by atoms with van der Waals surface area (Å²) in [4.78, 5) is 0. The number of hydrogen-bond donors (Lipinski definition) is 10. The van der Waals surface area contributed by atoms with E-state index in [1.807, 2.05) is 0 Å². The van der Waals surface area contributed by atoms with Gasteiger partial charge in [0.05, 0.1) is 56.0 Å². The molecular weight excluding hydrogens is 641 g/mol. The van der Waals surface area contributed by atoms with Crippen LogP contribution >= 0.6 is 23.2 Å². The molecule has 1 aromatic rings. The summed E-state index contributed by atoms with van der Waals surface area (Å²) in [6.07, 6.45) is -16.0. The number of aliphatic hydroxyl groups is 10. The summed E-state index contributed by atoms with van der Waals surface area (Å²) in [5.41, 5.74) is 0.211. The van der Waals surface area contributed by atoms with Gasteiger partial charge < -0.3 is 74.7 Å². The molecule has 5 unspecified atom stereocenters. The summed E-state index contributed by atoms with van der Waals surface area (Å²) < 4.78 is 29.0. The van der Waals surface area contributed by atoms with Crippen LogP contribution in [0.5, 0.6) is 0 Å². The SMILES string of the molecule is OCC1OC(OCc2cn(C[C@H]3O[C@@](CCl)(O[C@H]4C[C@H](CO)[C@H](Cl)[C@H](O)[C@H]4O)[C@@H](O)[C@H]3O)nn2)C(O)C(O)C1O[C@@H](O)CO. The first-order chi connectivity index (χ1) is 20.9. The zero-order valence-electron chi connectivity index (χ0n) is 23.2. The second-order valence-corrected chi connectivity index (χ2v) is 11.8. The molecule has 3 aliphatic rings. The molecule has 2 aliphatic heterocycles. The molecule has 3 heterocycles. The minimum absolute atomic E-state index is 0.0125. The molecule has 0 spiro atoms. The van der Waals surface area contributed by atoms with Gasteiger partial charge in [0.15, 0.2) is 12.6 Å². The van der Waals surface area contributed by atoms with Gasteiger partial charge in [0, 0.05) is 12.5 Å². The highest BCUT2D eigenvalue weighted by Gasteiger charge is 2.58. The first-order valence-electron chi connectivity index (χ1n) is 13.9. The Morgan fingerprint density at radius 3 is 2.36 bits per heavy atom. The molecule has 2 saturated heterocycles. The fraction of sp³-hybridized carbons (Fsp3) is 0.917. The second-order valence-electron chi connectivity index (χ2n) is 11.0. The van der Waals surface area contributed by atoms with Crippen molar-refractivity contribution in [3.63, 3.8) is 0 Å². The lowest BCUT2D eigenvalue weighted by Crippen LogP contribution is -2.60. The maximum atomic E-state index is 10.8. The maximum absolute atomic E-state index is 10.8. The average Bonchev–Trinajstić information content (AvgIpc) is 3.57. The minimum atomic E-state index is -1.99.